The molecule has 1 saturated carbocycles. The molecular weight excluding hydrogens is 264 g/mol. The van der Waals surface area contributed by atoms with Gasteiger partial charge in [-0.3, -0.25) is 0 Å². The van der Waals surface area contributed by atoms with Crippen LogP contribution in [0, 0.1) is 0 Å². The Labute approximate surface area is 124 Å². The molecule has 1 fully saturated rings. The normalized spacial score (nSPS) is 18.4. The van der Waals surface area contributed by atoms with Crippen molar-refractivity contribution in [1.82, 2.24) is 15.5 Å². The molecule has 2 aliphatic rings. The zero-order valence-electron chi connectivity index (χ0n) is 12.1. The summed E-state index contributed by atoms with van der Waals surface area (Å²) >= 11 is 0. The topological polar surface area (TPSA) is 54.2 Å². The van der Waals surface area contributed by atoms with Crippen LogP contribution in [0.15, 0.2) is 28.7 Å². The molecule has 1 aliphatic heterocycles. The van der Waals surface area contributed by atoms with Crippen molar-refractivity contribution >= 4 is 6.01 Å². The largest absolute Gasteiger partial charge is 0.407 e. The molecule has 1 N–H and O–H groups in total. The van der Waals surface area contributed by atoms with Gasteiger partial charge in [0.2, 0.25) is 5.89 Å². The maximum atomic E-state index is 5.81. The van der Waals surface area contributed by atoms with Crippen molar-refractivity contribution in [3.05, 3.63) is 41.3 Å². The molecule has 4 rings (SSSR count). The third kappa shape index (κ3) is 2.93. The summed E-state index contributed by atoms with van der Waals surface area (Å²) in [6.45, 7) is 2.50. The van der Waals surface area contributed by atoms with Gasteiger partial charge in [0.1, 0.15) is 0 Å². The Morgan fingerprint density at radius 1 is 1.19 bits per heavy atom. The lowest BCUT2D eigenvalue weighted by atomic mass is 10.0. The van der Waals surface area contributed by atoms with Crippen LogP contribution in [0.3, 0.4) is 0 Å². The minimum Gasteiger partial charge on any atom is -0.407 e. The number of rotatable bonds is 4. The summed E-state index contributed by atoms with van der Waals surface area (Å²) in [5, 5.41) is 11.8. The van der Waals surface area contributed by atoms with Crippen LogP contribution in [0.2, 0.25) is 0 Å². The predicted octanol–water partition coefficient (Wildman–Crippen LogP) is 2.27. The van der Waals surface area contributed by atoms with Crippen LogP contribution in [0.4, 0.5) is 6.01 Å². The Kier molecular flexibility index (Phi) is 3.35. The maximum absolute atomic E-state index is 5.81. The van der Waals surface area contributed by atoms with Gasteiger partial charge in [-0.25, -0.2) is 0 Å². The zero-order valence-corrected chi connectivity index (χ0v) is 12.1. The maximum Gasteiger partial charge on any atom is 0.318 e. The number of hydrogen-bond acceptors (Lipinski definition) is 5. The second-order valence-corrected chi connectivity index (χ2v) is 5.93. The SMILES string of the molecule is c1ccc2c(c1)CCCN(c1nnc(CNC3CC3)o1)C2. The lowest BCUT2D eigenvalue weighted by Gasteiger charge is -2.17. The first-order chi connectivity index (χ1) is 10.4. The third-order valence-electron chi connectivity index (χ3n) is 4.20. The van der Waals surface area contributed by atoms with Gasteiger partial charge in [-0.15, -0.1) is 5.10 Å². The van der Waals surface area contributed by atoms with Crippen molar-refractivity contribution in [2.45, 2.75) is 44.8 Å². The summed E-state index contributed by atoms with van der Waals surface area (Å²) < 4.78 is 5.81. The van der Waals surface area contributed by atoms with Gasteiger partial charge in [-0.1, -0.05) is 29.4 Å². The molecule has 0 radical (unpaired) electrons. The van der Waals surface area contributed by atoms with E-state index < -0.39 is 0 Å². The van der Waals surface area contributed by atoms with Crippen LogP contribution in [-0.2, 0) is 19.5 Å². The highest BCUT2D eigenvalue weighted by molar-refractivity contribution is 5.35. The highest BCUT2D eigenvalue weighted by atomic mass is 16.4. The van der Waals surface area contributed by atoms with E-state index in [2.05, 4.69) is 44.7 Å². The fourth-order valence-electron chi connectivity index (χ4n) is 2.83. The van der Waals surface area contributed by atoms with Crippen LogP contribution in [0.5, 0.6) is 0 Å². The summed E-state index contributed by atoms with van der Waals surface area (Å²) in [5.74, 6) is 0.689. The van der Waals surface area contributed by atoms with Crippen LogP contribution in [-0.4, -0.2) is 22.8 Å². The van der Waals surface area contributed by atoms with Gasteiger partial charge in [0.15, 0.2) is 0 Å². The van der Waals surface area contributed by atoms with E-state index in [1.54, 1.807) is 0 Å². The standard InChI is InChI=1S/C16H20N4O/c1-2-5-13-11-20(9-3-6-12(13)4-1)16-19-18-15(21-16)10-17-14-7-8-14/h1-2,4-5,14,17H,3,6-11H2. The minimum atomic E-state index is 0.652. The number of hydrogen-bond donors (Lipinski definition) is 1. The van der Waals surface area contributed by atoms with E-state index in [1.165, 1.54) is 24.0 Å². The molecule has 0 bridgehead atoms. The average molecular weight is 284 g/mol. The number of nitrogens with one attached hydrogen (secondary N) is 1. The van der Waals surface area contributed by atoms with E-state index in [0.29, 0.717) is 24.5 Å². The van der Waals surface area contributed by atoms with Gasteiger partial charge in [0.25, 0.3) is 0 Å². The number of aryl methyl sites for hydroxylation is 1. The molecule has 5 heteroatoms. The Balaban J connectivity index is 1.47. The second kappa shape index (κ2) is 5.48. The molecule has 0 unspecified atom stereocenters. The number of aromatic nitrogens is 2. The molecule has 2 heterocycles. The molecule has 21 heavy (non-hydrogen) atoms. The van der Waals surface area contributed by atoms with E-state index in [0.717, 1.165) is 25.9 Å². The van der Waals surface area contributed by atoms with Crippen LogP contribution in [0.25, 0.3) is 0 Å². The van der Waals surface area contributed by atoms with Gasteiger partial charge in [0, 0.05) is 19.1 Å². The third-order valence-corrected chi connectivity index (χ3v) is 4.20. The van der Waals surface area contributed by atoms with E-state index in [9.17, 15) is 0 Å². The number of fused-ring (bicyclic) bond motifs is 1. The van der Waals surface area contributed by atoms with E-state index >= 15 is 0 Å². The number of benzene rings is 1. The first-order valence-corrected chi connectivity index (χ1v) is 7.76. The second-order valence-electron chi connectivity index (χ2n) is 5.93. The first kappa shape index (κ1) is 12.8. The van der Waals surface area contributed by atoms with Crippen molar-refractivity contribution in [2.24, 2.45) is 0 Å². The summed E-state index contributed by atoms with van der Waals surface area (Å²) in [6, 6.07) is 9.94. The van der Waals surface area contributed by atoms with Crippen LogP contribution >= 0.6 is 0 Å². The van der Waals surface area contributed by atoms with E-state index in [-0.39, 0.29) is 0 Å². The number of nitrogens with zero attached hydrogens (tertiary/aromatic N) is 3. The number of anilines is 1. The molecule has 2 aromatic rings. The van der Waals surface area contributed by atoms with Gasteiger partial charge >= 0.3 is 6.01 Å². The summed E-state index contributed by atoms with van der Waals surface area (Å²) in [4.78, 5) is 2.19. The summed E-state index contributed by atoms with van der Waals surface area (Å²) in [5.41, 5.74) is 2.81. The highest BCUT2D eigenvalue weighted by Crippen LogP contribution is 2.23. The predicted molar refractivity (Wildman–Crippen MR) is 80.0 cm³/mol. The highest BCUT2D eigenvalue weighted by Gasteiger charge is 2.22. The molecule has 5 nitrogen and oxygen atoms in total. The van der Waals surface area contributed by atoms with Crippen LogP contribution in [0.1, 0.15) is 36.3 Å². The Morgan fingerprint density at radius 3 is 2.90 bits per heavy atom. The average Bonchev–Trinajstić information content (AvgIpc) is 3.26. The van der Waals surface area contributed by atoms with Gasteiger partial charge in [0.05, 0.1) is 6.54 Å². The molecule has 0 atom stereocenters. The molecule has 1 aromatic heterocycles. The van der Waals surface area contributed by atoms with Crippen molar-refractivity contribution in [3.63, 3.8) is 0 Å². The Hall–Kier alpha value is -1.88. The molecule has 0 amide bonds. The van der Waals surface area contributed by atoms with E-state index in [4.69, 9.17) is 4.42 Å². The van der Waals surface area contributed by atoms with E-state index in [1.807, 2.05) is 0 Å². The van der Waals surface area contributed by atoms with Gasteiger partial charge < -0.3 is 14.6 Å². The van der Waals surface area contributed by atoms with Crippen LogP contribution < -0.4 is 10.2 Å². The summed E-state index contributed by atoms with van der Waals surface area (Å²) in [6.07, 6.45) is 4.78. The summed E-state index contributed by atoms with van der Waals surface area (Å²) in [7, 11) is 0. The molecular formula is C16H20N4O. The van der Waals surface area contributed by atoms with Crippen molar-refractivity contribution in [3.8, 4) is 0 Å². The van der Waals surface area contributed by atoms with Gasteiger partial charge in [-0.05, 0) is 36.8 Å². The van der Waals surface area contributed by atoms with Crippen molar-refractivity contribution in [1.29, 1.82) is 0 Å². The minimum absolute atomic E-state index is 0.652. The molecule has 0 spiro atoms. The van der Waals surface area contributed by atoms with Crippen molar-refractivity contribution < 1.29 is 4.42 Å². The monoisotopic (exact) mass is 284 g/mol. The lowest BCUT2D eigenvalue weighted by Crippen LogP contribution is -2.22. The fraction of sp³-hybridized carbons (Fsp3) is 0.500. The van der Waals surface area contributed by atoms with Crippen molar-refractivity contribution in [2.75, 3.05) is 11.4 Å². The Bertz CT molecular complexity index is 620. The fourth-order valence-corrected chi connectivity index (χ4v) is 2.83. The quantitative estimate of drug-likeness (QED) is 0.933. The lowest BCUT2D eigenvalue weighted by molar-refractivity contribution is 0.458. The van der Waals surface area contributed by atoms with Gasteiger partial charge in [-0.2, -0.15) is 0 Å². The zero-order chi connectivity index (χ0) is 14.1. The molecule has 110 valence electrons. The molecule has 1 aromatic carbocycles. The first-order valence-electron chi connectivity index (χ1n) is 7.76. The molecule has 0 saturated heterocycles. The Morgan fingerprint density at radius 2 is 2.05 bits per heavy atom. The smallest absolute Gasteiger partial charge is 0.318 e. The molecule has 1 aliphatic carbocycles.